The molecule has 1 aromatic heterocycles. The van der Waals surface area contributed by atoms with E-state index in [0.29, 0.717) is 23.5 Å². The lowest BCUT2D eigenvalue weighted by Crippen LogP contribution is -2.44. The number of hydrogen-bond donors (Lipinski definition) is 1. The number of halogens is 2. The van der Waals surface area contributed by atoms with Crippen molar-refractivity contribution in [3.8, 4) is 5.75 Å². The van der Waals surface area contributed by atoms with Crippen molar-refractivity contribution in [3.63, 3.8) is 0 Å². The third-order valence-electron chi connectivity index (χ3n) is 8.32. The fourth-order valence-corrected chi connectivity index (χ4v) is 6.01. The van der Waals surface area contributed by atoms with E-state index in [1.165, 1.54) is 23.3 Å². The number of piperidine rings is 2. The number of benzene rings is 3. The number of furan rings is 1. The summed E-state index contributed by atoms with van der Waals surface area (Å²) in [6, 6.07) is 19.9. The van der Waals surface area contributed by atoms with Crippen LogP contribution in [0.5, 0.6) is 5.75 Å². The lowest BCUT2D eigenvalue weighted by Gasteiger charge is -2.32. The average molecular weight is 574 g/mol. The quantitative estimate of drug-likeness (QED) is 0.262. The molecule has 1 amide bonds. The van der Waals surface area contributed by atoms with E-state index < -0.39 is 11.6 Å². The minimum Gasteiger partial charge on any atom is -0.490 e. The Kier molecular flexibility index (Phi) is 8.53. The minimum atomic E-state index is -0.561. The second-order valence-corrected chi connectivity index (χ2v) is 11.7. The summed E-state index contributed by atoms with van der Waals surface area (Å²) in [5.74, 6) is -0.0831. The number of fused-ring (bicyclic) bond motifs is 1. The fraction of sp³-hybridized carbons (Fsp3) is 0.382. The third-order valence-corrected chi connectivity index (χ3v) is 8.32. The SMILES string of the molecule is Cc1ccc(OC2CCN(Cc3ccc4oc(C(=O)NC5CCN(Cc6cc(F)cc(F)c6)CC5)cc4c3)CC2)cc1. The highest BCUT2D eigenvalue weighted by Crippen LogP contribution is 2.25. The number of likely N-dealkylation sites (tertiary alicyclic amines) is 2. The van der Waals surface area contributed by atoms with Crippen LogP contribution in [-0.2, 0) is 13.1 Å². The Morgan fingerprint density at radius 3 is 2.17 bits per heavy atom. The maximum Gasteiger partial charge on any atom is 0.287 e. The van der Waals surface area contributed by atoms with E-state index in [-0.39, 0.29) is 18.1 Å². The monoisotopic (exact) mass is 573 g/mol. The Labute approximate surface area is 245 Å². The van der Waals surface area contributed by atoms with Gasteiger partial charge in [-0.3, -0.25) is 14.6 Å². The largest absolute Gasteiger partial charge is 0.490 e. The maximum atomic E-state index is 13.5. The van der Waals surface area contributed by atoms with Crippen LogP contribution in [0.3, 0.4) is 0 Å². The van der Waals surface area contributed by atoms with Gasteiger partial charge >= 0.3 is 0 Å². The molecule has 6 rings (SSSR count). The van der Waals surface area contributed by atoms with Crippen LogP contribution in [0.2, 0.25) is 0 Å². The van der Waals surface area contributed by atoms with Crippen LogP contribution in [0.1, 0.15) is 52.9 Å². The van der Waals surface area contributed by atoms with Crippen molar-refractivity contribution in [1.29, 1.82) is 0 Å². The zero-order chi connectivity index (χ0) is 29.1. The van der Waals surface area contributed by atoms with Gasteiger partial charge in [0, 0.05) is 56.8 Å². The maximum absolute atomic E-state index is 13.5. The van der Waals surface area contributed by atoms with Gasteiger partial charge in [-0.2, -0.15) is 0 Å². The molecule has 0 saturated carbocycles. The summed E-state index contributed by atoms with van der Waals surface area (Å²) in [7, 11) is 0. The summed E-state index contributed by atoms with van der Waals surface area (Å²) in [5.41, 5.74) is 3.74. The molecule has 2 saturated heterocycles. The topological polar surface area (TPSA) is 58.0 Å². The van der Waals surface area contributed by atoms with Gasteiger partial charge in [0.05, 0.1) is 0 Å². The van der Waals surface area contributed by atoms with Crippen molar-refractivity contribution in [2.75, 3.05) is 26.2 Å². The molecule has 0 spiro atoms. The summed E-state index contributed by atoms with van der Waals surface area (Å²) in [6.07, 6.45) is 3.76. The van der Waals surface area contributed by atoms with E-state index in [1.54, 1.807) is 0 Å². The van der Waals surface area contributed by atoms with Crippen molar-refractivity contribution in [1.82, 2.24) is 15.1 Å². The molecule has 3 aromatic carbocycles. The molecule has 220 valence electrons. The lowest BCUT2D eigenvalue weighted by molar-refractivity contribution is 0.0883. The minimum absolute atomic E-state index is 0.0275. The molecule has 0 unspecified atom stereocenters. The summed E-state index contributed by atoms with van der Waals surface area (Å²) in [6.45, 7) is 6.84. The number of carbonyl (C=O) groups excluding carboxylic acids is 1. The fourth-order valence-electron chi connectivity index (χ4n) is 6.01. The molecular formula is C34H37F2N3O3. The van der Waals surface area contributed by atoms with E-state index in [4.69, 9.17) is 9.15 Å². The van der Waals surface area contributed by atoms with Crippen LogP contribution in [0, 0.1) is 18.6 Å². The molecule has 6 nitrogen and oxygen atoms in total. The Balaban J connectivity index is 0.975. The molecule has 42 heavy (non-hydrogen) atoms. The third kappa shape index (κ3) is 7.17. The molecule has 0 aliphatic carbocycles. The average Bonchev–Trinajstić information content (AvgIpc) is 3.40. The van der Waals surface area contributed by atoms with Crippen LogP contribution in [-0.4, -0.2) is 54.0 Å². The van der Waals surface area contributed by atoms with E-state index in [1.807, 2.05) is 24.3 Å². The number of ether oxygens (including phenoxy) is 1. The predicted octanol–water partition coefficient (Wildman–Crippen LogP) is 6.46. The van der Waals surface area contributed by atoms with Crippen LogP contribution < -0.4 is 10.1 Å². The summed E-state index contributed by atoms with van der Waals surface area (Å²) in [4.78, 5) is 17.6. The number of amides is 1. The van der Waals surface area contributed by atoms with Gasteiger partial charge in [0.15, 0.2) is 5.76 Å². The Morgan fingerprint density at radius 1 is 0.833 bits per heavy atom. The van der Waals surface area contributed by atoms with Crippen molar-refractivity contribution in [3.05, 3.63) is 101 Å². The Hall–Kier alpha value is -3.75. The van der Waals surface area contributed by atoms with Crippen LogP contribution in [0.4, 0.5) is 8.78 Å². The van der Waals surface area contributed by atoms with Gasteiger partial charge in [-0.05, 0) is 86.2 Å². The zero-order valence-corrected chi connectivity index (χ0v) is 24.0. The molecule has 4 aromatic rings. The Bertz CT molecular complexity index is 1500. The first-order valence-electron chi connectivity index (χ1n) is 14.8. The van der Waals surface area contributed by atoms with E-state index >= 15 is 0 Å². The number of nitrogens with one attached hydrogen (secondary N) is 1. The Morgan fingerprint density at radius 2 is 1.48 bits per heavy atom. The normalized spacial score (nSPS) is 17.5. The van der Waals surface area contributed by atoms with Crippen LogP contribution in [0.25, 0.3) is 11.0 Å². The van der Waals surface area contributed by atoms with E-state index in [2.05, 4.69) is 46.3 Å². The van der Waals surface area contributed by atoms with Crippen molar-refractivity contribution >= 4 is 16.9 Å². The standard InChI is InChI=1S/C34H37F2N3O3/c1-23-2-5-30(6-3-23)41-31-10-14-39(15-11-31)21-24-4-7-32-26(16-24)19-33(42-32)34(40)37-29-8-12-38(13-9-29)22-25-17-27(35)20-28(36)18-25/h2-7,16-20,29,31H,8-15,21-22H2,1H3,(H,37,40). The highest BCUT2D eigenvalue weighted by Gasteiger charge is 2.24. The van der Waals surface area contributed by atoms with Gasteiger partial charge in [0.2, 0.25) is 0 Å². The molecule has 3 heterocycles. The predicted molar refractivity (Wildman–Crippen MR) is 158 cm³/mol. The van der Waals surface area contributed by atoms with Gasteiger partial charge in [-0.15, -0.1) is 0 Å². The van der Waals surface area contributed by atoms with Gasteiger partial charge in [0.25, 0.3) is 5.91 Å². The number of rotatable bonds is 8. The molecule has 2 fully saturated rings. The second-order valence-electron chi connectivity index (χ2n) is 11.7. The molecule has 1 N–H and O–H groups in total. The summed E-state index contributed by atoms with van der Waals surface area (Å²) >= 11 is 0. The molecule has 0 radical (unpaired) electrons. The van der Waals surface area contributed by atoms with E-state index in [0.717, 1.165) is 75.6 Å². The highest BCUT2D eigenvalue weighted by molar-refractivity contribution is 5.96. The van der Waals surface area contributed by atoms with E-state index in [9.17, 15) is 13.6 Å². The number of aryl methyl sites for hydroxylation is 1. The summed E-state index contributed by atoms with van der Waals surface area (Å²) in [5, 5.41) is 4.03. The van der Waals surface area contributed by atoms with Gasteiger partial charge in [-0.25, -0.2) is 8.78 Å². The highest BCUT2D eigenvalue weighted by atomic mass is 19.1. The first kappa shape index (κ1) is 28.4. The smallest absolute Gasteiger partial charge is 0.287 e. The lowest BCUT2D eigenvalue weighted by atomic mass is 10.0. The first-order chi connectivity index (χ1) is 20.4. The van der Waals surface area contributed by atoms with Crippen molar-refractivity contribution in [2.45, 2.75) is 57.8 Å². The first-order valence-corrected chi connectivity index (χ1v) is 14.8. The van der Waals surface area contributed by atoms with Crippen molar-refractivity contribution < 1.29 is 22.7 Å². The zero-order valence-electron chi connectivity index (χ0n) is 24.0. The summed E-state index contributed by atoms with van der Waals surface area (Å²) < 4.78 is 39.1. The number of nitrogens with zero attached hydrogens (tertiary/aromatic N) is 2. The molecular weight excluding hydrogens is 536 g/mol. The second kappa shape index (κ2) is 12.6. The molecule has 8 heteroatoms. The molecule has 0 atom stereocenters. The number of carbonyl (C=O) groups is 1. The molecule has 2 aliphatic rings. The van der Waals surface area contributed by atoms with Crippen LogP contribution in [0.15, 0.2) is 71.1 Å². The molecule has 2 aliphatic heterocycles. The number of hydrogen-bond acceptors (Lipinski definition) is 5. The van der Waals surface area contributed by atoms with Crippen molar-refractivity contribution in [2.24, 2.45) is 0 Å². The van der Waals surface area contributed by atoms with Gasteiger partial charge in [-0.1, -0.05) is 23.8 Å². The van der Waals surface area contributed by atoms with Gasteiger partial charge in [0.1, 0.15) is 29.1 Å². The van der Waals surface area contributed by atoms with Crippen LogP contribution >= 0.6 is 0 Å². The van der Waals surface area contributed by atoms with Gasteiger partial charge < -0.3 is 14.5 Å². The molecule has 0 bridgehead atoms.